The van der Waals surface area contributed by atoms with Gasteiger partial charge in [0.2, 0.25) is 0 Å². The summed E-state index contributed by atoms with van der Waals surface area (Å²) >= 11 is 0. The van der Waals surface area contributed by atoms with Crippen LogP contribution in [0.2, 0.25) is 0 Å². The van der Waals surface area contributed by atoms with Crippen LogP contribution in [0.5, 0.6) is 11.5 Å². The average Bonchev–Trinajstić information content (AvgIpc) is 2.53. The van der Waals surface area contributed by atoms with E-state index in [-0.39, 0.29) is 22.9 Å². The number of fused-ring (bicyclic) bond motifs is 3. The second-order valence-corrected chi connectivity index (χ2v) is 9.24. The molecular formula is C22H34O3. The Balaban J connectivity index is 2.30. The summed E-state index contributed by atoms with van der Waals surface area (Å²) < 4.78 is 11.6. The number of aromatic hydroxyl groups is 1. The van der Waals surface area contributed by atoms with Crippen LogP contribution in [0.1, 0.15) is 89.0 Å². The first-order valence-electron chi connectivity index (χ1n) is 9.64. The molecule has 1 aromatic carbocycles. The molecule has 0 saturated heterocycles. The molecule has 1 saturated carbocycles. The summed E-state index contributed by atoms with van der Waals surface area (Å²) in [5.74, 6) is 1.77. The van der Waals surface area contributed by atoms with Crippen molar-refractivity contribution in [2.45, 2.75) is 77.7 Å². The van der Waals surface area contributed by atoms with Gasteiger partial charge in [-0.1, -0.05) is 41.0 Å². The second kappa shape index (κ2) is 6.19. The third-order valence-corrected chi connectivity index (χ3v) is 7.02. The molecule has 3 atom stereocenters. The predicted octanol–water partition coefficient (Wildman–Crippen LogP) is 5.70. The van der Waals surface area contributed by atoms with Crippen LogP contribution in [0.4, 0.5) is 0 Å². The maximum Gasteiger partial charge on any atom is 0.164 e. The third kappa shape index (κ3) is 2.66. The highest BCUT2D eigenvalue weighted by atomic mass is 16.5. The van der Waals surface area contributed by atoms with Crippen molar-refractivity contribution < 1.29 is 14.6 Å². The van der Waals surface area contributed by atoms with Gasteiger partial charge in [-0.2, -0.15) is 0 Å². The summed E-state index contributed by atoms with van der Waals surface area (Å²) in [6.45, 7) is 11.4. The summed E-state index contributed by atoms with van der Waals surface area (Å²) in [7, 11) is 3.46. The quantitative estimate of drug-likeness (QED) is 0.763. The molecular weight excluding hydrogens is 312 g/mol. The van der Waals surface area contributed by atoms with E-state index in [0.29, 0.717) is 17.4 Å². The first-order chi connectivity index (χ1) is 11.7. The number of hydrogen-bond acceptors (Lipinski definition) is 3. The largest absolute Gasteiger partial charge is 0.504 e. The Bertz CT molecular complexity index is 662. The van der Waals surface area contributed by atoms with Gasteiger partial charge in [-0.3, -0.25) is 0 Å². The molecule has 1 fully saturated rings. The Morgan fingerprint density at radius 3 is 2.40 bits per heavy atom. The maximum absolute atomic E-state index is 11.3. The minimum atomic E-state index is -0.0288. The minimum Gasteiger partial charge on any atom is -0.504 e. The smallest absolute Gasteiger partial charge is 0.164 e. The van der Waals surface area contributed by atoms with Gasteiger partial charge in [0.15, 0.2) is 11.5 Å². The molecule has 25 heavy (non-hydrogen) atoms. The zero-order valence-electron chi connectivity index (χ0n) is 16.9. The summed E-state index contributed by atoms with van der Waals surface area (Å²) in [5, 5.41) is 11.3. The molecule has 3 heteroatoms. The first-order valence-corrected chi connectivity index (χ1v) is 9.64. The van der Waals surface area contributed by atoms with Gasteiger partial charge in [0.25, 0.3) is 0 Å². The molecule has 0 spiro atoms. The van der Waals surface area contributed by atoms with E-state index in [9.17, 15) is 5.11 Å². The molecule has 0 radical (unpaired) electrons. The molecule has 0 bridgehead atoms. The first kappa shape index (κ1) is 18.6. The Kier molecular flexibility index (Phi) is 4.60. The van der Waals surface area contributed by atoms with Crippen molar-refractivity contribution in [3.63, 3.8) is 0 Å². The standard InChI is InChI=1S/C22H34O3/c1-13(2)14-11-15-16(24-6)12-17-21(3,4)9-8-10-22(17,5)18(15)19(23)20(14)25-7/h11,13,16-17,23H,8-10,12H2,1-7H3/t16-,17-,22+/m0/s1. The van der Waals surface area contributed by atoms with Gasteiger partial charge in [-0.25, -0.2) is 0 Å². The topological polar surface area (TPSA) is 38.7 Å². The molecule has 1 N–H and O–H groups in total. The SMILES string of the molecule is COc1c(C(C)C)cc2c(c1O)[C@]1(C)CCCC(C)(C)[C@@H]1C[C@@H]2OC. The lowest BCUT2D eigenvalue weighted by Gasteiger charge is -2.55. The van der Waals surface area contributed by atoms with E-state index in [1.165, 1.54) is 18.4 Å². The molecule has 3 nitrogen and oxygen atoms in total. The van der Waals surface area contributed by atoms with E-state index in [0.717, 1.165) is 24.0 Å². The lowest BCUT2D eigenvalue weighted by atomic mass is 9.49. The molecule has 2 aliphatic rings. The second-order valence-electron chi connectivity index (χ2n) is 9.24. The van der Waals surface area contributed by atoms with E-state index < -0.39 is 0 Å². The highest BCUT2D eigenvalue weighted by Gasteiger charge is 2.53. The van der Waals surface area contributed by atoms with Crippen molar-refractivity contribution in [1.82, 2.24) is 0 Å². The van der Waals surface area contributed by atoms with E-state index in [4.69, 9.17) is 9.47 Å². The Morgan fingerprint density at radius 2 is 1.84 bits per heavy atom. The van der Waals surface area contributed by atoms with Gasteiger partial charge in [-0.05, 0) is 48.1 Å². The van der Waals surface area contributed by atoms with Gasteiger partial charge in [0.1, 0.15) is 0 Å². The lowest BCUT2D eigenvalue weighted by Crippen LogP contribution is -2.49. The fraction of sp³-hybridized carbons (Fsp3) is 0.727. The van der Waals surface area contributed by atoms with Crippen molar-refractivity contribution in [3.8, 4) is 11.5 Å². The maximum atomic E-state index is 11.3. The number of benzene rings is 1. The van der Waals surface area contributed by atoms with Crippen molar-refractivity contribution in [2.75, 3.05) is 14.2 Å². The van der Waals surface area contributed by atoms with Gasteiger partial charge < -0.3 is 14.6 Å². The van der Waals surface area contributed by atoms with E-state index in [2.05, 4.69) is 40.7 Å². The molecule has 0 amide bonds. The van der Waals surface area contributed by atoms with Gasteiger partial charge >= 0.3 is 0 Å². The van der Waals surface area contributed by atoms with Crippen LogP contribution in [0, 0.1) is 11.3 Å². The van der Waals surface area contributed by atoms with Crippen LogP contribution >= 0.6 is 0 Å². The van der Waals surface area contributed by atoms with Crippen LogP contribution in [-0.4, -0.2) is 19.3 Å². The fourth-order valence-corrected chi connectivity index (χ4v) is 5.75. The number of ether oxygens (including phenoxy) is 2. The highest BCUT2D eigenvalue weighted by molar-refractivity contribution is 5.60. The van der Waals surface area contributed by atoms with Crippen molar-refractivity contribution >= 4 is 0 Å². The Labute approximate surface area is 152 Å². The number of phenolic OH excluding ortho intramolecular Hbond substituents is 1. The van der Waals surface area contributed by atoms with E-state index in [1.54, 1.807) is 14.2 Å². The number of hydrogen-bond donors (Lipinski definition) is 1. The monoisotopic (exact) mass is 346 g/mol. The predicted molar refractivity (Wildman–Crippen MR) is 102 cm³/mol. The number of methoxy groups -OCH3 is 2. The molecule has 0 aliphatic heterocycles. The third-order valence-electron chi connectivity index (χ3n) is 7.02. The molecule has 0 aromatic heterocycles. The Hall–Kier alpha value is -1.22. The van der Waals surface area contributed by atoms with Crippen LogP contribution in [0.15, 0.2) is 6.07 Å². The molecule has 1 aromatic rings. The average molecular weight is 347 g/mol. The van der Waals surface area contributed by atoms with Crippen molar-refractivity contribution in [1.29, 1.82) is 0 Å². The summed E-state index contributed by atoms with van der Waals surface area (Å²) in [5.41, 5.74) is 3.53. The lowest BCUT2D eigenvalue weighted by molar-refractivity contribution is -0.0238. The summed E-state index contributed by atoms with van der Waals surface area (Å²) in [6.07, 6.45) is 4.62. The molecule has 0 heterocycles. The summed E-state index contributed by atoms with van der Waals surface area (Å²) in [6, 6.07) is 2.23. The zero-order chi connectivity index (χ0) is 18.6. The number of phenols is 1. The molecule has 0 unspecified atom stereocenters. The van der Waals surface area contributed by atoms with Crippen molar-refractivity contribution in [3.05, 3.63) is 22.8 Å². The van der Waals surface area contributed by atoms with Crippen LogP contribution in [0.25, 0.3) is 0 Å². The zero-order valence-corrected chi connectivity index (χ0v) is 16.9. The van der Waals surface area contributed by atoms with Crippen molar-refractivity contribution in [2.24, 2.45) is 11.3 Å². The van der Waals surface area contributed by atoms with E-state index >= 15 is 0 Å². The van der Waals surface area contributed by atoms with Gasteiger partial charge in [0.05, 0.1) is 13.2 Å². The molecule has 3 rings (SSSR count). The Morgan fingerprint density at radius 1 is 1.16 bits per heavy atom. The van der Waals surface area contributed by atoms with E-state index in [1.807, 2.05) is 0 Å². The van der Waals surface area contributed by atoms with Crippen LogP contribution in [-0.2, 0) is 10.2 Å². The normalized spacial score (nSPS) is 30.7. The fourth-order valence-electron chi connectivity index (χ4n) is 5.75. The minimum absolute atomic E-state index is 0.0288. The molecule has 2 aliphatic carbocycles. The van der Waals surface area contributed by atoms with Crippen LogP contribution < -0.4 is 4.74 Å². The van der Waals surface area contributed by atoms with Crippen LogP contribution in [0.3, 0.4) is 0 Å². The van der Waals surface area contributed by atoms with Gasteiger partial charge in [0, 0.05) is 23.7 Å². The highest BCUT2D eigenvalue weighted by Crippen LogP contribution is 2.62. The summed E-state index contributed by atoms with van der Waals surface area (Å²) in [4.78, 5) is 0. The van der Waals surface area contributed by atoms with Gasteiger partial charge in [-0.15, -0.1) is 0 Å². The molecule has 140 valence electrons. The number of rotatable bonds is 3.